The summed E-state index contributed by atoms with van der Waals surface area (Å²) in [4.78, 5) is 11.9. The number of rotatable bonds is 7. The van der Waals surface area contributed by atoms with Gasteiger partial charge in [0.1, 0.15) is 6.04 Å². The molecule has 0 aliphatic carbocycles. The number of carboxylic acids is 1. The standard InChI is InChI=1S/C12H16ClNO2S.ClH/c1-2-11(12(15)16)14-7-8-17-10-5-3-9(13)4-6-10;/h3-6,11,14H,2,7-8H2,1H3,(H,15,16);1H. The van der Waals surface area contributed by atoms with Crippen LogP contribution in [0.15, 0.2) is 29.2 Å². The van der Waals surface area contributed by atoms with Gasteiger partial charge in [-0.3, -0.25) is 4.79 Å². The normalized spacial score (nSPS) is 11.7. The summed E-state index contributed by atoms with van der Waals surface area (Å²) in [6.45, 7) is 2.54. The molecule has 1 unspecified atom stereocenters. The number of benzene rings is 1. The minimum absolute atomic E-state index is 0. The van der Waals surface area contributed by atoms with E-state index in [1.54, 1.807) is 11.8 Å². The number of aliphatic carboxylic acids is 1. The maximum atomic E-state index is 10.7. The summed E-state index contributed by atoms with van der Waals surface area (Å²) in [5, 5.41) is 12.6. The predicted molar refractivity (Wildman–Crippen MR) is 79.1 cm³/mol. The minimum atomic E-state index is -0.788. The highest BCUT2D eigenvalue weighted by atomic mass is 35.5. The molecule has 0 aliphatic heterocycles. The zero-order valence-corrected chi connectivity index (χ0v) is 12.4. The first kappa shape index (κ1) is 17.6. The maximum Gasteiger partial charge on any atom is 0.320 e. The van der Waals surface area contributed by atoms with Crippen molar-refractivity contribution in [2.75, 3.05) is 12.3 Å². The smallest absolute Gasteiger partial charge is 0.320 e. The summed E-state index contributed by atoms with van der Waals surface area (Å²) >= 11 is 7.46. The zero-order valence-electron chi connectivity index (χ0n) is 10.1. The van der Waals surface area contributed by atoms with Gasteiger partial charge >= 0.3 is 5.97 Å². The summed E-state index contributed by atoms with van der Waals surface area (Å²) in [6, 6.07) is 7.18. The first-order valence-corrected chi connectivity index (χ1v) is 6.84. The fraction of sp³-hybridized carbons (Fsp3) is 0.417. The Morgan fingerprint density at radius 2 is 2.06 bits per heavy atom. The van der Waals surface area contributed by atoms with Crippen LogP contribution in [0.1, 0.15) is 13.3 Å². The van der Waals surface area contributed by atoms with Crippen molar-refractivity contribution < 1.29 is 9.90 Å². The van der Waals surface area contributed by atoms with E-state index in [9.17, 15) is 4.79 Å². The van der Waals surface area contributed by atoms with Gasteiger partial charge in [-0.2, -0.15) is 0 Å². The van der Waals surface area contributed by atoms with Gasteiger partial charge in [0.05, 0.1) is 0 Å². The van der Waals surface area contributed by atoms with Crippen LogP contribution in [0.4, 0.5) is 0 Å². The lowest BCUT2D eigenvalue weighted by Gasteiger charge is -2.11. The molecule has 1 rings (SSSR count). The average Bonchev–Trinajstić information content (AvgIpc) is 2.31. The second kappa shape index (κ2) is 9.50. The predicted octanol–water partition coefficient (Wildman–Crippen LogP) is 3.31. The molecule has 0 saturated carbocycles. The van der Waals surface area contributed by atoms with E-state index in [1.165, 1.54) is 0 Å². The molecule has 0 fully saturated rings. The third-order valence-corrected chi connectivity index (χ3v) is 3.55. The highest BCUT2D eigenvalue weighted by molar-refractivity contribution is 7.99. The molecular formula is C12H17Cl2NO2S. The number of halogens is 2. The van der Waals surface area contributed by atoms with Crippen LogP contribution in [0.5, 0.6) is 0 Å². The van der Waals surface area contributed by atoms with Crippen molar-refractivity contribution >= 4 is 41.7 Å². The van der Waals surface area contributed by atoms with Crippen molar-refractivity contribution in [1.29, 1.82) is 0 Å². The molecular weight excluding hydrogens is 293 g/mol. The second-order valence-electron chi connectivity index (χ2n) is 3.56. The molecule has 0 aromatic heterocycles. The molecule has 2 N–H and O–H groups in total. The summed E-state index contributed by atoms with van der Waals surface area (Å²) in [5.74, 6) is 0.0507. The van der Waals surface area contributed by atoms with Gasteiger partial charge in [0, 0.05) is 22.2 Å². The molecule has 1 atom stereocenters. The second-order valence-corrected chi connectivity index (χ2v) is 5.16. The van der Waals surface area contributed by atoms with Crippen LogP contribution in [0.2, 0.25) is 5.02 Å². The molecule has 0 saturated heterocycles. The molecule has 1 aromatic rings. The zero-order chi connectivity index (χ0) is 12.7. The average molecular weight is 310 g/mol. The van der Waals surface area contributed by atoms with Crippen molar-refractivity contribution in [2.24, 2.45) is 0 Å². The van der Waals surface area contributed by atoms with E-state index < -0.39 is 12.0 Å². The summed E-state index contributed by atoms with van der Waals surface area (Å²) in [7, 11) is 0. The molecule has 3 nitrogen and oxygen atoms in total. The summed E-state index contributed by atoms with van der Waals surface area (Å²) in [5.41, 5.74) is 0. The number of nitrogens with one attached hydrogen (secondary N) is 1. The van der Waals surface area contributed by atoms with Gasteiger partial charge < -0.3 is 10.4 Å². The number of carboxylic acid groups (broad SMARTS) is 1. The molecule has 18 heavy (non-hydrogen) atoms. The van der Waals surface area contributed by atoms with Crippen molar-refractivity contribution in [2.45, 2.75) is 24.3 Å². The van der Waals surface area contributed by atoms with Gasteiger partial charge in [0.15, 0.2) is 0 Å². The van der Waals surface area contributed by atoms with Crippen LogP contribution >= 0.6 is 35.8 Å². The lowest BCUT2D eigenvalue weighted by atomic mass is 10.2. The van der Waals surface area contributed by atoms with Gasteiger partial charge in [-0.05, 0) is 30.7 Å². The van der Waals surface area contributed by atoms with Gasteiger partial charge in [0.25, 0.3) is 0 Å². The Hall–Kier alpha value is -0.420. The maximum absolute atomic E-state index is 10.7. The molecule has 0 heterocycles. The summed E-state index contributed by atoms with van der Waals surface area (Å²) in [6.07, 6.45) is 0.598. The number of thioether (sulfide) groups is 1. The van der Waals surface area contributed by atoms with E-state index in [-0.39, 0.29) is 12.4 Å². The van der Waals surface area contributed by atoms with Crippen LogP contribution in [0.25, 0.3) is 0 Å². The lowest BCUT2D eigenvalue weighted by molar-refractivity contribution is -0.139. The Morgan fingerprint density at radius 3 is 2.56 bits per heavy atom. The Kier molecular flexibility index (Phi) is 9.28. The largest absolute Gasteiger partial charge is 0.480 e. The Morgan fingerprint density at radius 1 is 1.44 bits per heavy atom. The fourth-order valence-corrected chi connectivity index (χ4v) is 2.25. The van der Waals surface area contributed by atoms with Gasteiger partial charge in [-0.15, -0.1) is 24.2 Å². The molecule has 0 aliphatic rings. The van der Waals surface area contributed by atoms with E-state index >= 15 is 0 Å². The SMILES string of the molecule is CCC(NCCSc1ccc(Cl)cc1)C(=O)O.Cl. The fourth-order valence-electron chi connectivity index (χ4n) is 1.34. The Labute approximate surface area is 123 Å². The molecule has 102 valence electrons. The van der Waals surface area contributed by atoms with Gasteiger partial charge in [0.2, 0.25) is 0 Å². The van der Waals surface area contributed by atoms with E-state index in [0.29, 0.717) is 13.0 Å². The van der Waals surface area contributed by atoms with Crippen molar-refractivity contribution in [3.05, 3.63) is 29.3 Å². The van der Waals surface area contributed by atoms with E-state index in [2.05, 4.69) is 5.32 Å². The molecule has 0 radical (unpaired) electrons. The molecule has 6 heteroatoms. The number of carbonyl (C=O) groups is 1. The Bertz CT molecular complexity index is 360. The van der Waals surface area contributed by atoms with E-state index in [4.69, 9.17) is 16.7 Å². The monoisotopic (exact) mass is 309 g/mol. The minimum Gasteiger partial charge on any atom is -0.480 e. The van der Waals surface area contributed by atoms with E-state index in [0.717, 1.165) is 15.7 Å². The van der Waals surface area contributed by atoms with Gasteiger partial charge in [-0.25, -0.2) is 0 Å². The molecule has 0 spiro atoms. The topological polar surface area (TPSA) is 49.3 Å². The third kappa shape index (κ3) is 6.50. The molecule has 1 aromatic carbocycles. The quantitative estimate of drug-likeness (QED) is 0.599. The van der Waals surface area contributed by atoms with Gasteiger partial charge in [-0.1, -0.05) is 18.5 Å². The first-order valence-electron chi connectivity index (χ1n) is 5.48. The van der Waals surface area contributed by atoms with Crippen molar-refractivity contribution in [3.8, 4) is 0 Å². The summed E-state index contributed by atoms with van der Waals surface area (Å²) < 4.78 is 0. The Balaban J connectivity index is 0.00000289. The first-order chi connectivity index (χ1) is 8.13. The van der Waals surface area contributed by atoms with Crippen LogP contribution in [-0.4, -0.2) is 29.4 Å². The lowest BCUT2D eigenvalue weighted by Crippen LogP contribution is -2.37. The van der Waals surface area contributed by atoms with Crippen LogP contribution in [-0.2, 0) is 4.79 Å². The van der Waals surface area contributed by atoms with Crippen molar-refractivity contribution in [3.63, 3.8) is 0 Å². The highest BCUT2D eigenvalue weighted by Gasteiger charge is 2.12. The molecule has 0 amide bonds. The van der Waals surface area contributed by atoms with Crippen LogP contribution in [0.3, 0.4) is 0 Å². The highest BCUT2D eigenvalue weighted by Crippen LogP contribution is 2.19. The van der Waals surface area contributed by atoms with Crippen LogP contribution in [0, 0.1) is 0 Å². The number of hydrogen-bond acceptors (Lipinski definition) is 3. The third-order valence-electron chi connectivity index (χ3n) is 2.28. The molecule has 0 bridgehead atoms. The van der Waals surface area contributed by atoms with E-state index in [1.807, 2.05) is 31.2 Å². The van der Waals surface area contributed by atoms with Crippen LogP contribution < -0.4 is 5.32 Å². The number of hydrogen-bond donors (Lipinski definition) is 2. The van der Waals surface area contributed by atoms with Crippen molar-refractivity contribution in [1.82, 2.24) is 5.32 Å².